The molecule has 1 rings (SSSR count). The number of hydrogen-bond acceptors (Lipinski definition) is 5. The molecule has 0 aliphatic carbocycles. The molecule has 0 heterocycles. The number of nitrogens with zero attached hydrogens (tertiary/aromatic N) is 1. The summed E-state index contributed by atoms with van der Waals surface area (Å²) in [4.78, 5) is 25.1. The van der Waals surface area contributed by atoms with E-state index in [1.807, 2.05) is 4.72 Å². The predicted octanol–water partition coefficient (Wildman–Crippen LogP) is 1.22. The number of nitrogens with one attached hydrogen (secondary N) is 1. The summed E-state index contributed by atoms with van der Waals surface area (Å²) in [6.45, 7) is 3.53. The standard InChI is InChI=1S/C14H19FN2O5S/c1-4-17(9-13(18)22-5-2)14(19)10-6-7-11(15)12(8-10)16-23(3,20)21/h6-8,16H,4-5,9H2,1-3H3. The summed E-state index contributed by atoms with van der Waals surface area (Å²) in [6, 6.07) is 3.30. The molecule has 128 valence electrons. The average molecular weight is 346 g/mol. The Bertz CT molecular complexity index is 690. The summed E-state index contributed by atoms with van der Waals surface area (Å²) in [7, 11) is -3.68. The van der Waals surface area contributed by atoms with E-state index in [0.717, 1.165) is 18.4 Å². The third kappa shape index (κ3) is 5.85. The van der Waals surface area contributed by atoms with Gasteiger partial charge in [-0.2, -0.15) is 0 Å². The lowest BCUT2D eigenvalue weighted by atomic mass is 10.1. The Kier molecular flexibility index (Phi) is 6.49. The van der Waals surface area contributed by atoms with Crippen molar-refractivity contribution in [2.24, 2.45) is 0 Å². The first kappa shape index (κ1) is 18.9. The van der Waals surface area contributed by atoms with Gasteiger partial charge in [-0.3, -0.25) is 14.3 Å². The minimum absolute atomic E-state index is 0.0590. The van der Waals surface area contributed by atoms with Crippen LogP contribution >= 0.6 is 0 Å². The number of amides is 1. The van der Waals surface area contributed by atoms with E-state index < -0.39 is 27.7 Å². The molecule has 7 nitrogen and oxygen atoms in total. The highest BCUT2D eigenvalue weighted by molar-refractivity contribution is 7.92. The molecule has 0 unspecified atom stereocenters. The van der Waals surface area contributed by atoms with Gasteiger partial charge in [-0.25, -0.2) is 12.8 Å². The van der Waals surface area contributed by atoms with Crippen LogP contribution < -0.4 is 4.72 Å². The summed E-state index contributed by atoms with van der Waals surface area (Å²) in [5.41, 5.74) is -0.269. The maximum absolute atomic E-state index is 13.6. The second kappa shape index (κ2) is 7.91. The van der Waals surface area contributed by atoms with Crippen molar-refractivity contribution >= 4 is 27.6 Å². The zero-order chi connectivity index (χ0) is 17.6. The largest absolute Gasteiger partial charge is 0.465 e. The van der Waals surface area contributed by atoms with E-state index in [-0.39, 0.29) is 30.9 Å². The Morgan fingerprint density at radius 1 is 1.30 bits per heavy atom. The number of sulfonamides is 1. The molecule has 0 bridgehead atoms. The van der Waals surface area contributed by atoms with Crippen LogP contribution in [0.5, 0.6) is 0 Å². The van der Waals surface area contributed by atoms with Gasteiger partial charge in [-0.15, -0.1) is 0 Å². The molecule has 1 aromatic rings. The number of ether oxygens (including phenoxy) is 1. The van der Waals surface area contributed by atoms with Gasteiger partial charge in [0.05, 0.1) is 18.6 Å². The fourth-order valence-corrected chi connectivity index (χ4v) is 2.36. The van der Waals surface area contributed by atoms with Crippen molar-refractivity contribution in [3.8, 4) is 0 Å². The van der Waals surface area contributed by atoms with Crippen LogP contribution in [0.15, 0.2) is 18.2 Å². The third-order valence-electron chi connectivity index (χ3n) is 2.80. The first-order valence-electron chi connectivity index (χ1n) is 6.90. The number of carbonyl (C=O) groups is 2. The maximum Gasteiger partial charge on any atom is 0.325 e. The predicted molar refractivity (Wildman–Crippen MR) is 83.1 cm³/mol. The van der Waals surface area contributed by atoms with Crippen LogP contribution in [0.25, 0.3) is 0 Å². The van der Waals surface area contributed by atoms with Gasteiger partial charge in [0.25, 0.3) is 5.91 Å². The fourth-order valence-electron chi connectivity index (χ4n) is 1.81. The molecule has 1 aromatic carbocycles. The van der Waals surface area contributed by atoms with Crippen molar-refractivity contribution < 1.29 is 27.1 Å². The first-order valence-corrected chi connectivity index (χ1v) is 8.79. The molecule has 0 aromatic heterocycles. The number of rotatable bonds is 7. The van der Waals surface area contributed by atoms with Crippen molar-refractivity contribution in [2.45, 2.75) is 13.8 Å². The summed E-state index contributed by atoms with van der Waals surface area (Å²) >= 11 is 0. The summed E-state index contributed by atoms with van der Waals surface area (Å²) in [5, 5.41) is 0. The van der Waals surface area contributed by atoms with Gasteiger partial charge in [-0.1, -0.05) is 0 Å². The van der Waals surface area contributed by atoms with Crippen molar-refractivity contribution in [1.82, 2.24) is 4.90 Å². The maximum atomic E-state index is 13.6. The van der Waals surface area contributed by atoms with Gasteiger partial charge >= 0.3 is 5.97 Å². The quantitative estimate of drug-likeness (QED) is 0.750. The third-order valence-corrected chi connectivity index (χ3v) is 3.39. The highest BCUT2D eigenvalue weighted by Gasteiger charge is 2.19. The van der Waals surface area contributed by atoms with E-state index >= 15 is 0 Å². The number of esters is 1. The summed E-state index contributed by atoms with van der Waals surface area (Å²) in [5.74, 6) is -1.89. The van der Waals surface area contributed by atoms with Crippen molar-refractivity contribution in [3.63, 3.8) is 0 Å². The Labute approximate surface area is 134 Å². The minimum atomic E-state index is -3.68. The molecule has 1 amide bonds. The monoisotopic (exact) mass is 346 g/mol. The molecule has 1 N–H and O–H groups in total. The van der Waals surface area contributed by atoms with Crippen LogP contribution in [-0.2, 0) is 19.6 Å². The number of halogens is 1. The van der Waals surface area contributed by atoms with Crippen molar-refractivity contribution in [3.05, 3.63) is 29.6 Å². The van der Waals surface area contributed by atoms with Gasteiger partial charge in [0, 0.05) is 12.1 Å². The lowest BCUT2D eigenvalue weighted by Crippen LogP contribution is -2.36. The van der Waals surface area contributed by atoms with Crippen LogP contribution in [0.2, 0.25) is 0 Å². The zero-order valence-electron chi connectivity index (χ0n) is 13.1. The van der Waals surface area contributed by atoms with E-state index in [0.29, 0.717) is 0 Å². The van der Waals surface area contributed by atoms with Crippen LogP contribution in [0.1, 0.15) is 24.2 Å². The molecule has 23 heavy (non-hydrogen) atoms. The fraction of sp³-hybridized carbons (Fsp3) is 0.429. The molecule has 0 aliphatic rings. The summed E-state index contributed by atoms with van der Waals surface area (Å²) in [6.07, 6.45) is 0.875. The Morgan fingerprint density at radius 3 is 2.48 bits per heavy atom. The second-order valence-corrected chi connectivity index (χ2v) is 6.44. The lowest BCUT2D eigenvalue weighted by molar-refractivity contribution is -0.143. The molecule has 0 radical (unpaired) electrons. The first-order chi connectivity index (χ1) is 10.7. The average Bonchev–Trinajstić information content (AvgIpc) is 2.45. The smallest absolute Gasteiger partial charge is 0.325 e. The van der Waals surface area contributed by atoms with Gasteiger partial charge < -0.3 is 9.64 Å². The molecule has 0 aliphatic heterocycles. The van der Waals surface area contributed by atoms with Crippen molar-refractivity contribution in [1.29, 1.82) is 0 Å². The second-order valence-electron chi connectivity index (χ2n) is 4.69. The molecule has 9 heteroatoms. The Balaban J connectivity index is 3.02. The number of anilines is 1. The number of carbonyl (C=O) groups excluding carboxylic acids is 2. The molecular weight excluding hydrogens is 327 g/mol. The normalized spacial score (nSPS) is 11.0. The van der Waals surface area contributed by atoms with E-state index in [1.54, 1.807) is 13.8 Å². The van der Waals surface area contributed by atoms with Gasteiger partial charge in [0.15, 0.2) is 0 Å². The van der Waals surface area contributed by atoms with E-state index in [4.69, 9.17) is 4.74 Å². The summed E-state index contributed by atoms with van der Waals surface area (Å²) < 4.78 is 42.8. The van der Waals surface area contributed by atoms with E-state index in [2.05, 4.69) is 0 Å². The van der Waals surface area contributed by atoms with E-state index in [1.165, 1.54) is 11.0 Å². The van der Waals surface area contributed by atoms with Crippen molar-refractivity contribution in [2.75, 3.05) is 30.7 Å². The Morgan fingerprint density at radius 2 is 1.96 bits per heavy atom. The SMILES string of the molecule is CCOC(=O)CN(CC)C(=O)c1ccc(F)c(NS(C)(=O)=O)c1. The molecular formula is C14H19FN2O5S. The van der Waals surface area contributed by atoms with Crippen LogP contribution in [0.4, 0.5) is 10.1 Å². The molecule has 0 saturated heterocycles. The Hall–Kier alpha value is -2.16. The topological polar surface area (TPSA) is 92.8 Å². The lowest BCUT2D eigenvalue weighted by Gasteiger charge is -2.20. The van der Waals surface area contributed by atoms with Gasteiger partial charge in [0.2, 0.25) is 10.0 Å². The molecule has 0 atom stereocenters. The van der Waals surface area contributed by atoms with Crippen LogP contribution in [-0.4, -0.2) is 51.1 Å². The number of likely N-dealkylation sites (N-methyl/N-ethyl adjacent to an activating group) is 1. The number of benzene rings is 1. The van der Waals surface area contributed by atoms with Crippen LogP contribution in [0, 0.1) is 5.82 Å². The molecule has 0 saturated carbocycles. The van der Waals surface area contributed by atoms with Gasteiger partial charge in [-0.05, 0) is 32.0 Å². The van der Waals surface area contributed by atoms with Crippen LogP contribution in [0.3, 0.4) is 0 Å². The molecule has 0 fully saturated rings. The minimum Gasteiger partial charge on any atom is -0.465 e. The van der Waals surface area contributed by atoms with Gasteiger partial charge in [0.1, 0.15) is 12.4 Å². The molecule has 0 spiro atoms. The zero-order valence-corrected chi connectivity index (χ0v) is 13.9. The highest BCUT2D eigenvalue weighted by atomic mass is 32.2. The highest BCUT2D eigenvalue weighted by Crippen LogP contribution is 2.18. The van der Waals surface area contributed by atoms with E-state index in [9.17, 15) is 22.4 Å². The number of hydrogen-bond donors (Lipinski definition) is 1.